The molecule has 0 radical (unpaired) electrons. The number of aryl methyl sites for hydroxylation is 1. The highest BCUT2D eigenvalue weighted by Gasteiger charge is 2.25. The average Bonchev–Trinajstić information content (AvgIpc) is 2.97. The monoisotopic (exact) mass is 357 g/mol. The van der Waals surface area contributed by atoms with Crippen molar-refractivity contribution in [3.05, 3.63) is 16.3 Å². The predicted octanol–water partition coefficient (Wildman–Crippen LogP) is 1.28. The van der Waals surface area contributed by atoms with Gasteiger partial charge in [-0.25, -0.2) is 9.97 Å². The zero-order valence-electron chi connectivity index (χ0n) is 14.7. The Labute approximate surface area is 152 Å². The second kappa shape index (κ2) is 7.28. The molecule has 0 unspecified atom stereocenters. The Balaban J connectivity index is 1.71. The maximum atomic E-state index is 5.47. The maximum Gasteiger partial charge on any atom is 0.187 e. The van der Waals surface area contributed by atoms with E-state index in [9.17, 15) is 0 Å². The van der Waals surface area contributed by atoms with Crippen LogP contribution in [0.2, 0.25) is 0 Å². The third-order valence-electron chi connectivity index (χ3n) is 5.17. The lowest BCUT2D eigenvalue weighted by Gasteiger charge is -2.23. The van der Waals surface area contributed by atoms with Crippen LogP contribution in [0.5, 0.6) is 0 Å². The Morgan fingerprint density at radius 1 is 1.36 bits per heavy atom. The van der Waals surface area contributed by atoms with Gasteiger partial charge in [0.2, 0.25) is 0 Å². The molecule has 0 aromatic carbocycles. The van der Waals surface area contributed by atoms with Crippen molar-refractivity contribution in [2.24, 2.45) is 5.92 Å². The average molecular weight is 358 g/mol. The van der Waals surface area contributed by atoms with Crippen LogP contribution in [0.4, 0.5) is 5.82 Å². The number of nitrogens with zero attached hydrogens (tertiary/aromatic N) is 2. The van der Waals surface area contributed by atoms with Gasteiger partial charge in [0.1, 0.15) is 30.3 Å². The first-order valence-electron chi connectivity index (χ1n) is 9.14. The van der Waals surface area contributed by atoms with Gasteiger partial charge in [-0.1, -0.05) is 12.8 Å². The standard InChI is InChI=1S/C19H24N4OS/c1-3-6-20-18-17-14-5-4-13(2)11-15(14)25-19(17)22-16(21-18)12-23-7-9-24-10-8-23/h1,13H,4-12H2,2H3,(H,20,21,22)/p+1/t13-/m0/s1. The number of ether oxygens (including phenoxy) is 1. The van der Waals surface area contributed by atoms with Gasteiger partial charge in [0.25, 0.3) is 0 Å². The van der Waals surface area contributed by atoms with Crippen LogP contribution in [0.15, 0.2) is 0 Å². The van der Waals surface area contributed by atoms with E-state index in [2.05, 4.69) is 18.2 Å². The number of terminal acetylenes is 1. The van der Waals surface area contributed by atoms with Crippen LogP contribution in [0.1, 0.15) is 29.6 Å². The Morgan fingerprint density at radius 3 is 3.00 bits per heavy atom. The summed E-state index contributed by atoms with van der Waals surface area (Å²) < 4.78 is 5.46. The third-order valence-corrected chi connectivity index (χ3v) is 6.32. The number of hydrogen-bond donors (Lipinski definition) is 2. The summed E-state index contributed by atoms with van der Waals surface area (Å²) in [6.45, 7) is 7.37. The van der Waals surface area contributed by atoms with Crippen molar-refractivity contribution in [3.8, 4) is 12.3 Å². The number of quaternary nitrogens is 1. The Hall–Kier alpha value is -1.68. The van der Waals surface area contributed by atoms with Crippen LogP contribution in [0, 0.1) is 18.3 Å². The van der Waals surface area contributed by atoms with Crippen LogP contribution in [0.25, 0.3) is 10.2 Å². The van der Waals surface area contributed by atoms with Crippen LogP contribution < -0.4 is 10.2 Å². The summed E-state index contributed by atoms with van der Waals surface area (Å²) in [5.74, 6) is 5.27. The Morgan fingerprint density at radius 2 is 2.20 bits per heavy atom. The number of hydrogen-bond acceptors (Lipinski definition) is 5. The van der Waals surface area contributed by atoms with Gasteiger partial charge >= 0.3 is 0 Å². The number of nitrogens with one attached hydrogen (secondary N) is 2. The Kier molecular flexibility index (Phi) is 4.89. The van der Waals surface area contributed by atoms with Gasteiger partial charge in [-0.3, -0.25) is 0 Å². The highest BCUT2D eigenvalue weighted by molar-refractivity contribution is 7.19. The molecule has 2 aliphatic rings. The van der Waals surface area contributed by atoms with E-state index in [0.717, 1.165) is 68.1 Å². The molecule has 0 bridgehead atoms. The van der Waals surface area contributed by atoms with Gasteiger partial charge in [0.05, 0.1) is 25.1 Å². The smallest absolute Gasteiger partial charge is 0.187 e. The molecule has 3 heterocycles. The molecular weight excluding hydrogens is 332 g/mol. The minimum atomic E-state index is 0.497. The lowest BCUT2D eigenvalue weighted by Crippen LogP contribution is -3.12. The van der Waals surface area contributed by atoms with Gasteiger partial charge in [0.15, 0.2) is 5.82 Å². The van der Waals surface area contributed by atoms with E-state index < -0.39 is 0 Å². The fraction of sp³-hybridized carbons (Fsp3) is 0.579. The number of morpholine rings is 1. The molecule has 25 heavy (non-hydrogen) atoms. The molecule has 1 aliphatic heterocycles. The van der Waals surface area contributed by atoms with Crippen molar-refractivity contribution in [3.63, 3.8) is 0 Å². The molecule has 0 spiro atoms. The minimum Gasteiger partial charge on any atom is -0.370 e. The van der Waals surface area contributed by atoms with E-state index in [1.807, 2.05) is 11.3 Å². The molecule has 0 amide bonds. The van der Waals surface area contributed by atoms with Crippen molar-refractivity contribution >= 4 is 27.4 Å². The van der Waals surface area contributed by atoms with Gasteiger partial charge in [0, 0.05) is 4.88 Å². The highest BCUT2D eigenvalue weighted by atomic mass is 32.1. The number of thiophene rings is 1. The molecule has 6 heteroatoms. The number of rotatable bonds is 4. The summed E-state index contributed by atoms with van der Waals surface area (Å²) in [4.78, 5) is 13.9. The first-order chi connectivity index (χ1) is 12.2. The second-order valence-electron chi connectivity index (χ2n) is 7.12. The molecule has 1 fully saturated rings. The van der Waals surface area contributed by atoms with Gasteiger partial charge in [-0.2, -0.15) is 0 Å². The lowest BCUT2D eigenvalue weighted by atomic mass is 9.89. The highest BCUT2D eigenvalue weighted by Crippen LogP contribution is 2.39. The van der Waals surface area contributed by atoms with E-state index in [-0.39, 0.29) is 0 Å². The van der Waals surface area contributed by atoms with E-state index >= 15 is 0 Å². The van der Waals surface area contributed by atoms with Crippen molar-refractivity contribution in [2.75, 3.05) is 38.2 Å². The fourth-order valence-corrected chi connectivity index (χ4v) is 5.19. The SMILES string of the molecule is C#CCNc1nc(C[NH+]2CCOCC2)nc2sc3c(c12)CC[C@H](C)C3. The van der Waals surface area contributed by atoms with Crippen LogP contribution >= 0.6 is 11.3 Å². The zero-order valence-corrected chi connectivity index (χ0v) is 15.5. The summed E-state index contributed by atoms with van der Waals surface area (Å²) in [6, 6.07) is 0. The summed E-state index contributed by atoms with van der Waals surface area (Å²) >= 11 is 1.85. The normalized spacial score (nSPS) is 21.0. The van der Waals surface area contributed by atoms with E-state index in [0.29, 0.717) is 6.54 Å². The maximum absolute atomic E-state index is 5.47. The van der Waals surface area contributed by atoms with Gasteiger partial charge < -0.3 is 15.0 Å². The molecule has 1 atom stereocenters. The number of fused-ring (bicyclic) bond motifs is 3. The molecule has 1 aliphatic carbocycles. The largest absolute Gasteiger partial charge is 0.370 e. The van der Waals surface area contributed by atoms with Gasteiger partial charge in [-0.05, 0) is 30.7 Å². The molecule has 132 valence electrons. The summed E-state index contributed by atoms with van der Waals surface area (Å²) in [5, 5.41) is 4.56. The molecular formula is C19H25N4OS+. The first-order valence-corrected chi connectivity index (χ1v) is 9.96. The molecule has 2 aromatic heterocycles. The fourth-order valence-electron chi connectivity index (χ4n) is 3.79. The quantitative estimate of drug-likeness (QED) is 0.810. The van der Waals surface area contributed by atoms with E-state index in [1.54, 1.807) is 0 Å². The van der Waals surface area contributed by atoms with E-state index in [4.69, 9.17) is 21.1 Å². The van der Waals surface area contributed by atoms with Gasteiger partial charge in [-0.15, -0.1) is 17.8 Å². The topological polar surface area (TPSA) is 51.5 Å². The second-order valence-corrected chi connectivity index (χ2v) is 8.20. The third kappa shape index (κ3) is 3.50. The van der Waals surface area contributed by atoms with Crippen LogP contribution in [-0.4, -0.2) is 42.8 Å². The minimum absolute atomic E-state index is 0.497. The van der Waals surface area contributed by atoms with Crippen molar-refractivity contribution in [1.82, 2.24) is 9.97 Å². The first kappa shape index (κ1) is 16.8. The number of aromatic nitrogens is 2. The summed E-state index contributed by atoms with van der Waals surface area (Å²) in [6.07, 6.45) is 9.00. The molecule has 4 rings (SSSR count). The zero-order chi connectivity index (χ0) is 17.2. The Bertz CT molecular complexity index is 804. The summed E-state index contributed by atoms with van der Waals surface area (Å²) in [5.41, 5.74) is 1.45. The molecule has 2 aromatic rings. The number of anilines is 1. The molecule has 1 saturated heterocycles. The lowest BCUT2D eigenvalue weighted by molar-refractivity contribution is -0.922. The summed E-state index contributed by atoms with van der Waals surface area (Å²) in [7, 11) is 0. The molecule has 0 saturated carbocycles. The molecule has 5 nitrogen and oxygen atoms in total. The van der Waals surface area contributed by atoms with Crippen LogP contribution in [0.3, 0.4) is 0 Å². The van der Waals surface area contributed by atoms with Crippen molar-refractivity contribution in [1.29, 1.82) is 0 Å². The van der Waals surface area contributed by atoms with Crippen molar-refractivity contribution in [2.45, 2.75) is 32.7 Å². The van der Waals surface area contributed by atoms with E-state index in [1.165, 1.54) is 27.1 Å². The van der Waals surface area contributed by atoms with Crippen molar-refractivity contribution < 1.29 is 9.64 Å². The predicted molar refractivity (Wildman–Crippen MR) is 101 cm³/mol. The van der Waals surface area contributed by atoms with Crippen LogP contribution in [-0.2, 0) is 24.1 Å². The molecule has 2 N–H and O–H groups in total.